The van der Waals surface area contributed by atoms with Crippen molar-refractivity contribution >= 4 is 54.0 Å². The number of benzene rings is 2. The summed E-state index contributed by atoms with van der Waals surface area (Å²) in [7, 11) is -3.50. The number of thiazole rings is 1. The molecule has 0 radical (unpaired) electrons. The number of aromatic nitrogens is 1. The molecule has 5 rings (SSSR count). The molecule has 1 amide bonds. The minimum atomic E-state index is -3.50. The van der Waals surface area contributed by atoms with Crippen LogP contribution in [0.2, 0.25) is 0 Å². The summed E-state index contributed by atoms with van der Waals surface area (Å²) < 4.78 is 28.8. The Bertz CT molecular complexity index is 1440. The molecule has 2 aromatic carbocycles. The topological polar surface area (TPSA) is 70.6 Å². The maximum atomic E-state index is 13.8. The Morgan fingerprint density at radius 3 is 2.51 bits per heavy atom. The van der Waals surface area contributed by atoms with Crippen LogP contribution in [0.5, 0.6) is 0 Å². The fourth-order valence-corrected chi connectivity index (χ4v) is 8.22. The highest BCUT2D eigenvalue weighted by Gasteiger charge is 2.35. The van der Waals surface area contributed by atoms with Crippen molar-refractivity contribution in [1.29, 1.82) is 0 Å². The van der Waals surface area contributed by atoms with E-state index in [9.17, 15) is 13.2 Å². The average Bonchev–Trinajstić information content (AvgIpc) is 3.54. The minimum Gasteiger partial charge on any atom is -0.283 e. The SMILES string of the molecule is Cc1cc(C)c2sc(N(Cc3ccccc3)C(=O)C3CCN(S(=O)(=O)c4cccs4)CC3)nc2c1. The van der Waals surface area contributed by atoms with Crippen LogP contribution in [0, 0.1) is 19.8 Å². The van der Waals surface area contributed by atoms with Crippen LogP contribution < -0.4 is 4.90 Å². The monoisotopic (exact) mass is 525 g/mol. The average molecular weight is 526 g/mol. The number of nitrogens with zero attached hydrogens (tertiary/aromatic N) is 3. The number of fused-ring (bicyclic) bond motifs is 1. The van der Waals surface area contributed by atoms with E-state index in [1.807, 2.05) is 30.3 Å². The molecule has 3 heterocycles. The van der Waals surface area contributed by atoms with Gasteiger partial charge in [0.05, 0.1) is 16.8 Å². The van der Waals surface area contributed by atoms with Crippen molar-refractivity contribution in [2.75, 3.05) is 18.0 Å². The number of rotatable bonds is 6. The van der Waals surface area contributed by atoms with Crippen molar-refractivity contribution in [2.45, 2.75) is 37.4 Å². The van der Waals surface area contributed by atoms with Crippen LogP contribution in [0.1, 0.15) is 29.5 Å². The normalized spacial score (nSPS) is 15.5. The number of thiophene rings is 1. The van der Waals surface area contributed by atoms with E-state index in [1.165, 1.54) is 15.6 Å². The van der Waals surface area contributed by atoms with Gasteiger partial charge in [-0.1, -0.05) is 53.8 Å². The Kier molecular flexibility index (Phi) is 6.76. The summed E-state index contributed by atoms with van der Waals surface area (Å²) in [5.74, 6) is -0.237. The van der Waals surface area contributed by atoms with Crippen LogP contribution >= 0.6 is 22.7 Å². The molecule has 1 fully saturated rings. The highest BCUT2D eigenvalue weighted by molar-refractivity contribution is 7.91. The molecule has 4 aromatic rings. The standard InChI is InChI=1S/C26H27N3O3S3/c1-18-15-19(2)24-22(16-18)27-26(34-24)29(17-20-7-4-3-5-8-20)25(30)21-10-12-28(13-11-21)35(31,32)23-9-6-14-33-23/h3-9,14-16,21H,10-13,17H2,1-2H3. The van der Waals surface area contributed by atoms with Gasteiger partial charge in [0.2, 0.25) is 5.91 Å². The number of amides is 1. The molecule has 0 aliphatic carbocycles. The Morgan fingerprint density at radius 2 is 1.83 bits per heavy atom. The van der Waals surface area contributed by atoms with Gasteiger partial charge in [-0.25, -0.2) is 13.4 Å². The van der Waals surface area contributed by atoms with Gasteiger partial charge in [-0.3, -0.25) is 9.69 Å². The smallest absolute Gasteiger partial charge is 0.252 e. The molecule has 0 bridgehead atoms. The first-order chi connectivity index (χ1) is 16.8. The van der Waals surface area contributed by atoms with Crippen molar-refractivity contribution in [3.05, 3.63) is 76.7 Å². The van der Waals surface area contributed by atoms with Gasteiger partial charge in [0, 0.05) is 19.0 Å². The minimum absolute atomic E-state index is 0.00968. The summed E-state index contributed by atoms with van der Waals surface area (Å²) in [6.07, 6.45) is 0.996. The van der Waals surface area contributed by atoms with E-state index in [4.69, 9.17) is 4.98 Å². The maximum absolute atomic E-state index is 13.8. The number of hydrogen-bond donors (Lipinski definition) is 0. The lowest BCUT2D eigenvalue weighted by Crippen LogP contribution is -2.44. The van der Waals surface area contributed by atoms with E-state index in [0.29, 0.717) is 41.8 Å². The molecule has 35 heavy (non-hydrogen) atoms. The van der Waals surface area contributed by atoms with Crippen LogP contribution in [0.25, 0.3) is 10.2 Å². The number of anilines is 1. The Labute approximate surface area is 213 Å². The van der Waals surface area contributed by atoms with E-state index in [-0.39, 0.29) is 11.8 Å². The molecule has 0 unspecified atom stereocenters. The first kappa shape index (κ1) is 24.1. The van der Waals surface area contributed by atoms with Crippen LogP contribution in [0.3, 0.4) is 0 Å². The number of piperidine rings is 1. The van der Waals surface area contributed by atoms with Gasteiger partial charge < -0.3 is 0 Å². The highest BCUT2D eigenvalue weighted by atomic mass is 32.2. The number of hydrogen-bond acceptors (Lipinski definition) is 6. The Morgan fingerprint density at radius 1 is 1.09 bits per heavy atom. The third-order valence-electron chi connectivity index (χ3n) is 6.38. The van der Waals surface area contributed by atoms with Gasteiger partial charge in [0.25, 0.3) is 10.0 Å². The predicted molar refractivity (Wildman–Crippen MR) is 143 cm³/mol. The first-order valence-corrected chi connectivity index (χ1v) is 14.7. The number of carbonyl (C=O) groups excluding carboxylic acids is 1. The second-order valence-electron chi connectivity index (χ2n) is 8.95. The fraction of sp³-hybridized carbons (Fsp3) is 0.308. The largest absolute Gasteiger partial charge is 0.283 e. The molecular formula is C26H27N3O3S3. The Hall–Kier alpha value is -2.59. The summed E-state index contributed by atoms with van der Waals surface area (Å²) in [5, 5.41) is 2.46. The fourth-order valence-electron chi connectivity index (χ4n) is 4.59. The zero-order valence-electron chi connectivity index (χ0n) is 19.7. The van der Waals surface area contributed by atoms with Gasteiger partial charge in [0.15, 0.2) is 5.13 Å². The first-order valence-electron chi connectivity index (χ1n) is 11.6. The third kappa shape index (κ3) is 4.91. The van der Waals surface area contributed by atoms with Gasteiger partial charge >= 0.3 is 0 Å². The molecule has 6 nitrogen and oxygen atoms in total. The number of sulfonamides is 1. The van der Waals surface area contributed by atoms with E-state index in [2.05, 4.69) is 26.0 Å². The van der Waals surface area contributed by atoms with E-state index in [0.717, 1.165) is 26.9 Å². The zero-order valence-corrected chi connectivity index (χ0v) is 22.1. The second-order valence-corrected chi connectivity index (χ2v) is 13.0. The molecule has 0 N–H and O–H groups in total. The van der Waals surface area contributed by atoms with E-state index >= 15 is 0 Å². The molecular weight excluding hydrogens is 499 g/mol. The highest BCUT2D eigenvalue weighted by Crippen LogP contribution is 2.35. The van der Waals surface area contributed by atoms with Crippen molar-refractivity contribution < 1.29 is 13.2 Å². The van der Waals surface area contributed by atoms with Gasteiger partial charge in [-0.05, 0) is 60.9 Å². The number of aryl methyl sites for hydroxylation is 2. The summed E-state index contributed by atoms with van der Waals surface area (Å²) in [6.45, 7) is 5.24. The van der Waals surface area contributed by atoms with Crippen LogP contribution in [0.15, 0.2) is 64.2 Å². The molecule has 0 saturated carbocycles. The summed E-state index contributed by atoms with van der Waals surface area (Å²) in [4.78, 5) is 20.5. The second kappa shape index (κ2) is 9.81. The molecule has 1 aliphatic rings. The predicted octanol–water partition coefficient (Wildman–Crippen LogP) is 5.61. The van der Waals surface area contributed by atoms with Crippen molar-refractivity contribution in [3.8, 4) is 0 Å². The lowest BCUT2D eigenvalue weighted by atomic mass is 9.96. The third-order valence-corrected chi connectivity index (χ3v) is 10.9. The van der Waals surface area contributed by atoms with Crippen LogP contribution in [-0.4, -0.2) is 36.7 Å². The maximum Gasteiger partial charge on any atom is 0.252 e. The summed E-state index contributed by atoms with van der Waals surface area (Å²) in [6, 6.07) is 17.5. The van der Waals surface area contributed by atoms with Crippen molar-refractivity contribution in [3.63, 3.8) is 0 Å². The summed E-state index contributed by atoms with van der Waals surface area (Å²) in [5.41, 5.74) is 4.24. The van der Waals surface area contributed by atoms with Crippen LogP contribution in [-0.2, 0) is 21.4 Å². The number of carbonyl (C=O) groups is 1. The molecule has 2 aromatic heterocycles. The Balaban J connectivity index is 1.40. The van der Waals surface area contributed by atoms with Crippen molar-refractivity contribution in [2.24, 2.45) is 5.92 Å². The molecule has 9 heteroatoms. The van der Waals surface area contributed by atoms with Gasteiger partial charge in [-0.2, -0.15) is 4.31 Å². The zero-order chi connectivity index (χ0) is 24.6. The summed E-state index contributed by atoms with van der Waals surface area (Å²) >= 11 is 2.77. The van der Waals surface area contributed by atoms with E-state index in [1.54, 1.807) is 33.7 Å². The van der Waals surface area contributed by atoms with Gasteiger partial charge in [0.1, 0.15) is 4.21 Å². The quantitative estimate of drug-likeness (QED) is 0.328. The lowest BCUT2D eigenvalue weighted by Gasteiger charge is -2.32. The van der Waals surface area contributed by atoms with E-state index < -0.39 is 10.0 Å². The molecule has 1 saturated heterocycles. The van der Waals surface area contributed by atoms with Gasteiger partial charge in [-0.15, -0.1) is 11.3 Å². The molecule has 0 spiro atoms. The molecule has 182 valence electrons. The van der Waals surface area contributed by atoms with Crippen LogP contribution in [0.4, 0.5) is 5.13 Å². The molecule has 0 atom stereocenters. The van der Waals surface area contributed by atoms with Crippen molar-refractivity contribution in [1.82, 2.24) is 9.29 Å². The lowest BCUT2D eigenvalue weighted by molar-refractivity contribution is -0.123. The molecule has 1 aliphatic heterocycles.